The zero-order valence-corrected chi connectivity index (χ0v) is 11.6. The first-order valence-electron chi connectivity index (χ1n) is 6.25. The first-order valence-corrected chi connectivity index (χ1v) is 6.25. The largest absolute Gasteiger partial charge is 0.297 e. The summed E-state index contributed by atoms with van der Waals surface area (Å²) in [5.74, 6) is 5.69. The monoisotopic (exact) mass is 227 g/mol. The predicted molar refractivity (Wildman–Crippen MR) is 72.2 cm³/mol. The van der Waals surface area contributed by atoms with Crippen molar-refractivity contribution >= 4 is 0 Å². The van der Waals surface area contributed by atoms with Crippen molar-refractivity contribution < 1.29 is 0 Å². The molecule has 16 heavy (non-hydrogen) atoms. The molecule has 3 N–H and O–H groups in total. The molecule has 0 rings (SSSR count). The maximum Gasteiger partial charge on any atom is 0.0392 e. The average Bonchev–Trinajstić information content (AvgIpc) is 2.19. The zero-order chi connectivity index (χ0) is 12.8. The minimum atomic E-state index is 0.0771. The molecule has 0 aromatic carbocycles. The van der Waals surface area contributed by atoms with Crippen LogP contribution in [0.2, 0.25) is 0 Å². The van der Waals surface area contributed by atoms with Crippen LogP contribution in [0.25, 0.3) is 0 Å². The summed E-state index contributed by atoms with van der Waals surface area (Å²) in [5.41, 5.74) is 4.26. The molecular formula is C13H29N3. The fraction of sp³-hybridized carbons (Fsp3) is 0.846. The molecule has 0 radical (unpaired) electrons. The molecule has 0 aromatic rings. The molecule has 1 unspecified atom stereocenters. The summed E-state index contributed by atoms with van der Waals surface area (Å²) >= 11 is 0. The third-order valence-electron chi connectivity index (χ3n) is 3.49. The molecule has 0 saturated heterocycles. The minimum absolute atomic E-state index is 0.0771. The Morgan fingerprint density at radius 1 is 1.38 bits per heavy atom. The van der Waals surface area contributed by atoms with E-state index in [2.05, 4.69) is 51.5 Å². The van der Waals surface area contributed by atoms with Gasteiger partial charge < -0.3 is 0 Å². The third-order valence-corrected chi connectivity index (χ3v) is 3.49. The molecule has 0 saturated carbocycles. The number of allylic oxidation sites excluding steroid dienone is 1. The molecule has 0 spiro atoms. The molecule has 0 heterocycles. The van der Waals surface area contributed by atoms with Crippen molar-refractivity contribution in [2.45, 2.75) is 59.0 Å². The van der Waals surface area contributed by atoms with E-state index in [-0.39, 0.29) is 5.54 Å². The highest BCUT2D eigenvalue weighted by molar-refractivity contribution is 4.96. The van der Waals surface area contributed by atoms with E-state index in [1.807, 2.05) is 0 Å². The van der Waals surface area contributed by atoms with Crippen molar-refractivity contribution in [3.8, 4) is 0 Å². The lowest BCUT2D eigenvalue weighted by Crippen LogP contribution is -2.59. The van der Waals surface area contributed by atoms with Gasteiger partial charge in [-0.1, -0.05) is 19.4 Å². The van der Waals surface area contributed by atoms with Crippen LogP contribution < -0.4 is 11.3 Å². The van der Waals surface area contributed by atoms with Crippen LogP contribution in [-0.4, -0.2) is 29.6 Å². The van der Waals surface area contributed by atoms with Gasteiger partial charge in [0, 0.05) is 11.6 Å². The zero-order valence-electron chi connectivity index (χ0n) is 11.6. The van der Waals surface area contributed by atoms with Crippen LogP contribution in [0.5, 0.6) is 0 Å². The Morgan fingerprint density at radius 3 is 2.19 bits per heavy atom. The van der Waals surface area contributed by atoms with Crippen LogP contribution in [0.3, 0.4) is 0 Å². The summed E-state index contributed by atoms with van der Waals surface area (Å²) < 4.78 is 0. The second kappa shape index (κ2) is 7.05. The fourth-order valence-corrected chi connectivity index (χ4v) is 2.29. The van der Waals surface area contributed by atoms with Gasteiger partial charge in [0.15, 0.2) is 0 Å². The van der Waals surface area contributed by atoms with Gasteiger partial charge in [0.05, 0.1) is 0 Å². The molecule has 0 fully saturated rings. The van der Waals surface area contributed by atoms with Crippen molar-refractivity contribution in [2.24, 2.45) is 5.84 Å². The third kappa shape index (κ3) is 4.24. The van der Waals surface area contributed by atoms with Crippen molar-refractivity contribution in [3.05, 3.63) is 12.2 Å². The number of hydrogen-bond acceptors (Lipinski definition) is 3. The molecular weight excluding hydrogens is 198 g/mol. The van der Waals surface area contributed by atoms with E-state index >= 15 is 0 Å². The molecule has 0 aliphatic carbocycles. The van der Waals surface area contributed by atoms with E-state index in [1.165, 1.54) is 5.57 Å². The summed E-state index contributed by atoms with van der Waals surface area (Å²) in [7, 11) is 0. The Balaban J connectivity index is 4.57. The standard InChI is InChI=1S/C13H29N3/c1-7-16(8-2)13(5,6)12(15-14)10-9-11(3)4/h12,15H,3,7-10,14H2,1-2,4-6H3. The highest BCUT2D eigenvalue weighted by atomic mass is 15.3. The highest BCUT2D eigenvalue weighted by Gasteiger charge is 2.32. The lowest BCUT2D eigenvalue weighted by molar-refractivity contribution is 0.0877. The smallest absolute Gasteiger partial charge is 0.0392 e. The maximum absolute atomic E-state index is 5.69. The molecule has 3 nitrogen and oxygen atoms in total. The number of rotatable bonds is 8. The molecule has 0 aliphatic rings. The van der Waals surface area contributed by atoms with Gasteiger partial charge in [-0.05, 0) is 46.7 Å². The van der Waals surface area contributed by atoms with E-state index in [9.17, 15) is 0 Å². The minimum Gasteiger partial charge on any atom is -0.297 e. The number of nitrogens with two attached hydrogens (primary N) is 1. The summed E-state index contributed by atoms with van der Waals surface area (Å²) in [6.45, 7) is 17.0. The highest BCUT2D eigenvalue weighted by Crippen LogP contribution is 2.22. The Kier molecular flexibility index (Phi) is 6.88. The molecule has 0 aliphatic heterocycles. The van der Waals surface area contributed by atoms with Crippen LogP contribution in [-0.2, 0) is 0 Å². The summed E-state index contributed by atoms with van der Waals surface area (Å²) in [5, 5.41) is 0. The lowest BCUT2D eigenvalue weighted by Gasteiger charge is -2.43. The van der Waals surface area contributed by atoms with Crippen LogP contribution in [0.1, 0.15) is 47.5 Å². The predicted octanol–water partition coefficient (Wildman–Crippen LogP) is 2.30. The van der Waals surface area contributed by atoms with Crippen LogP contribution in [0.4, 0.5) is 0 Å². The van der Waals surface area contributed by atoms with Crippen LogP contribution in [0, 0.1) is 0 Å². The maximum atomic E-state index is 5.69. The SMILES string of the molecule is C=C(C)CCC(NN)C(C)(C)N(CC)CC. The first kappa shape index (κ1) is 15.6. The lowest BCUT2D eigenvalue weighted by atomic mass is 9.88. The normalized spacial score (nSPS) is 14.2. The summed E-state index contributed by atoms with van der Waals surface area (Å²) in [6, 6.07) is 0.295. The molecule has 96 valence electrons. The average molecular weight is 227 g/mol. The van der Waals surface area contributed by atoms with E-state index in [0.29, 0.717) is 6.04 Å². The molecule has 3 heteroatoms. The first-order chi connectivity index (χ1) is 7.39. The summed E-state index contributed by atoms with van der Waals surface area (Å²) in [4.78, 5) is 2.44. The van der Waals surface area contributed by atoms with E-state index in [0.717, 1.165) is 25.9 Å². The van der Waals surface area contributed by atoms with Crippen LogP contribution >= 0.6 is 0 Å². The fourth-order valence-electron chi connectivity index (χ4n) is 2.29. The Morgan fingerprint density at radius 2 is 1.88 bits per heavy atom. The van der Waals surface area contributed by atoms with Crippen LogP contribution in [0.15, 0.2) is 12.2 Å². The Labute approximate surface area is 101 Å². The van der Waals surface area contributed by atoms with Crippen molar-refractivity contribution in [1.29, 1.82) is 0 Å². The number of nitrogens with one attached hydrogen (secondary N) is 1. The van der Waals surface area contributed by atoms with Gasteiger partial charge in [-0.3, -0.25) is 16.2 Å². The second-order valence-corrected chi connectivity index (χ2v) is 5.04. The van der Waals surface area contributed by atoms with Crippen molar-refractivity contribution in [1.82, 2.24) is 10.3 Å². The molecule has 1 atom stereocenters. The van der Waals surface area contributed by atoms with E-state index in [1.54, 1.807) is 0 Å². The number of hydrazine groups is 1. The van der Waals surface area contributed by atoms with Gasteiger partial charge in [0.1, 0.15) is 0 Å². The molecule has 0 bridgehead atoms. The number of nitrogens with zero attached hydrogens (tertiary/aromatic N) is 1. The van der Waals surface area contributed by atoms with Gasteiger partial charge >= 0.3 is 0 Å². The Bertz CT molecular complexity index is 207. The van der Waals surface area contributed by atoms with Gasteiger partial charge in [-0.15, -0.1) is 6.58 Å². The number of hydrogen-bond donors (Lipinski definition) is 2. The van der Waals surface area contributed by atoms with E-state index in [4.69, 9.17) is 5.84 Å². The van der Waals surface area contributed by atoms with E-state index < -0.39 is 0 Å². The van der Waals surface area contributed by atoms with Crippen molar-refractivity contribution in [3.63, 3.8) is 0 Å². The van der Waals surface area contributed by atoms with Gasteiger partial charge in [0.25, 0.3) is 0 Å². The van der Waals surface area contributed by atoms with Gasteiger partial charge in [0.2, 0.25) is 0 Å². The second-order valence-electron chi connectivity index (χ2n) is 5.04. The van der Waals surface area contributed by atoms with Gasteiger partial charge in [-0.25, -0.2) is 0 Å². The molecule has 0 aromatic heterocycles. The Hall–Kier alpha value is -0.380. The van der Waals surface area contributed by atoms with Gasteiger partial charge in [-0.2, -0.15) is 0 Å². The quantitative estimate of drug-likeness (QED) is 0.380. The topological polar surface area (TPSA) is 41.3 Å². The summed E-state index contributed by atoms with van der Waals surface area (Å²) in [6.07, 6.45) is 2.06. The van der Waals surface area contributed by atoms with Crippen molar-refractivity contribution in [2.75, 3.05) is 13.1 Å². The number of likely N-dealkylation sites (N-methyl/N-ethyl adjacent to an activating group) is 1. The molecule has 0 amide bonds.